The second kappa shape index (κ2) is 9.92. The van der Waals surface area contributed by atoms with Gasteiger partial charge in [-0.1, -0.05) is 20.3 Å². The lowest BCUT2D eigenvalue weighted by Gasteiger charge is -2.31. The maximum absolute atomic E-state index is 12.5. The Kier molecular flexibility index (Phi) is 7.90. The summed E-state index contributed by atoms with van der Waals surface area (Å²) in [6.07, 6.45) is 3.87. The van der Waals surface area contributed by atoms with Crippen LogP contribution in [0.25, 0.3) is 0 Å². The summed E-state index contributed by atoms with van der Waals surface area (Å²) in [5.41, 5.74) is 0.699. The normalized spacial score (nSPS) is 18.5. The molecule has 1 aromatic carbocycles. The van der Waals surface area contributed by atoms with E-state index in [4.69, 9.17) is 4.74 Å². The van der Waals surface area contributed by atoms with Gasteiger partial charge >= 0.3 is 0 Å². The summed E-state index contributed by atoms with van der Waals surface area (Å²) >= 11 is 0. The molecule has 26 heavy (non-hydrogen) atoms. The summed E-state index contributed by atoms with van der Waals surface area (Å²) in [5.74, 6) is 0.506. The van der Waals surface area contributed by atoms with E-state index >= 15 is 0 Å². The number of piperidine rings is 1. The molecular formula is C19H30N2O4S. The Morgan fingerprint density at radius 2 is 1.96 bits per heavy atom. The smallest absolute Gasteiger partial charge is 0.228 e. The fraction of sp³-hybridized carbons (Fsp3) is 0.632. The van der Waals surface area contributed by atoms with E-state index in [1.54, 1.807) is 0 Å². The Hall–Kier alpha value is -1.60. The first-order valence-electron chi connectivity index (χ1n) is 9.47. The van der Waals surface area contributed by atoms with Crippen LogP contribution in [0.1, 0.15) is 46.0 Å². The highest BCUT2D eigenvalue weighted by atomic mass is 32.2. The maximum Gasteiger partial charge on any atom is 0.228 e. The van der Waals surface area contributed by atoms with Gasteiger partial charge in [-0.25, -0.2) is 12.7 Å². The quantitative estimate of drug-likeness (QED) is 0.711. The second-order valence-electron chi connectivity index (χ2n) is 6.73. The van der Waals surface area contributed by atoms with Crippen LogP contribution in [0.4, 0.5) is 5.69 Å². The minimum absolute atomic E-state index is 0.123. The van der Waals surface area contributed by atoms with Crippen LogP contribution < -0.4 is 10.1 Å². The minimum atomic E-state index is -3.26. The van der Waals surface area contributed by atoms with E-state index in [1.165, 1.54) is 4.31 Å². The molecule has 1 saturated heterocycles. The lowest BCUT2D eigenvalue weighted by Crippen LogP contribution is -2.44. The molecule has 0 aliphatic carbocycles. The van der Waals surface area contributed by atoms with Gasteiger partial charge < -0.3 is 10.1 Å². The number of carbonyl (C=O) groups is 1. The van der Waals surface area contributed by atoms with Crippen LogP contribution in [0.2, 0.25) is 0 Å². The number of benzene rings is 1. The Morgan fingerprint density at radius 1 is 1.23 bits per heavy atom. The number of nitrogens with zero attached hydrogens (tertiary/aromatic N) is 1. The SMILES string of the molecule is CCCCS(=O)(=O)N1CCCC(C(=O)Nc2ccc(OCCC)cc2)C1. The summed E-state index contributed by atoms with van der Waals surface area (Å²) in [6, 6.07) is 7.27. The summed E-state index contributed by atoms with van der Waals surface area (Å²) in [4.78, 5) is 12.5. The van der Waals surface area contributed by atoms with Crippen LogP contribution >= 0.6 is 0 Å². The molecule has 1 N–H and O–H groups in total. The van der Waals surface area contributed by atoms with Crippen LogP contribution in [0.3, 0.4) is 0 Å². The average molecular weight is 383 g/mol. The molecule has 6 nitrogen and oxygen atoms in total. The summed E-state index contributed by atoms with van der Waals surface area (Å²) in [7, 11) is -3.26. The average Bonchev–Trinajstić information content (AvgIpc) is 2.66. The first-order valence-corrected chi connectivity index (χ1v) is 11.1. The number of ether oxygens (including phenoxy) is 1. The van der Waals surface area contributed by atoms with E-state index in [0.717, 1.165) is 18.6 Å². The highest BCUT2D eigenvalue weighted by molar-refractivity contribution is 7.89. The number of carbonyl (C=O) groups excluding carboxylic acids is 1. The van der Waals surface area contributed by atoms with Crippen molar-refractivity contribution < 1.29 is 17.9 Å². The zero-order valence-electron chi connectivity index (χ0n) is 15.7. The van der Waals surface area contributed by atoms with Gasteiger partial charge in [0.2, 0.25) is 15.9 Å². The predicted octanol–water partition coefficient (Wildman–Crippen LogP) is 3.26. The molecule has 2 rings (SSSR count). The van der Waals surface area contributed by atoms with Crippen molar-refractivity contribution in [1.82, 2.24) is 4.31 Å². The van der Waals surface area contributed by atoms with E-state index < -0.39 is 10.0 Å². The largest absolute Gasteiger partial charge is 0.494 e. The monoisotopic (exact) mass is 382 g/mol. The third-order valence-corrected chi connectivity index (χ3v) is 6.42. The van der Waals surface area contributed by atoms with E-state index in [9.17, 15) is 13.2 Å². The van der Waals surface area contributed by atoms with Gasteiger partial charge in [0.15, 0.2) is 0 Å². The van der Waals surface area contributed by atoms with Gasteiger partial charge in [0.1, 0.15) is 5.75 Å². The van der Waals surface area contributed by atoms with Crippen molar-refractivity contribution in [3.8, 4) is 5.75 Å². The highest BCUT2D eigenvalue weighted by Crippen LogP contribution is 2.22. The molecule has 146 valence electrons. The van der Waals surface area contributed by atoms with Gasteiger partial charge in [0, 0.05) is 18.8 Å². The number of unbranched alkanes of at least 4 members (excludes halogenated alkanes) is 1. The van der Waals surface area contributed by atoms with E-state index in [-0.39, 0.29) is 24.1 Å². The molecule has 1 fully saturated rings. The number of rotatable bonds is 9. The third kappa shape index (κ3) is 5.99. The number of hydrogen-bond acceptors (Lipinski definition) is 4. The van der Waals surface area contributed by atoms with Crippen LogP contribution in [0, 0.1) is 5.92 Å². The molecule has 1 aromatic rings. The molecule has 7 heteroatoms. The van der Waals surface area contributed by atoms with Crippen molar-refractivity contribution in [3.05, 3.63) is 24.3 Å². The number of anilines is 1. The molecule has 1 aliphatic heterocycles. The van der Waals surface area contributed by atoms with Gasteiger partial charge in [0.05, 0.1) is 18.3 Å². The lowest BCUT2D eigenvalue weighted by atomic mass is 9.99. The third-order valence-electron chi connectivity index (χ3n) is 4.50. The van der Waals surface area contributed by atoms with Gasteiger partial charge in [-0.2, -0.15) is 0 Å². The summed E-state index contributed by atoms with van der Waals surface area (Å²) < 4.78 is 31.8. The minimum Gasteiger partial charge on any atom is -0.494 e. The van der Waals surface area contributed by atoms with Gasteiger partial charge in [-0.3, -0.25) is 4.79 Å². The Labute approximate surface area is 157 Å². The Morgan fingerprint density at radius 3 is 2.62 bits per heavy atom. The lowest BCUT2D eigenvalue weighted by molar-refractivity contribution is -0.120. The molecule has 0 aromatic heterocycles. The van der Waals surface area contributed by atoms with Crippen LogP contribution in [-0.2, 0) is 14.8 Å². The van der Waals surface area contributed by atoms with Gasteiger partial charge in [0.25, 0.3) is 0 Å². The zero-order chi connectivity index (χ0) is 19.0. The highest BCUT2D eigenvalue weighted by Gasteiger charge is 2.31. The van der Waals surface area contributed by atoms with Crippen molar-refractivity contribution in [2.24, 2.45) is 5.92 Å². The molecule has 0 spiro atoms. The standard InChI is InChI=1S/C19H30N2O4S/c1-3-5-14-26(23,24)21-12-6-7-16(15-21)19(22)20-17-8-10-18(11-9-17)25-13-4-2/h8-11,16H,3-7,12-15H2,1-2H3,(H,20,22). The van der Waals surface area contributed by atoms with Crippen molar-refractivity contribution in [1.29, 1.82) is 0 Å². The molecule has 0 bridgehead atoms. The number of nitrogens with one attached hydrogen (secondary N) is 1. The molecule has 1 unspecified atom stereocenters. The number of sulfonamides is 1. The molecule has 1 atom stereocenters. The summed E-state index contributed by atoms with van der Waals surface area (Å²) in [6.45, 7) is 5.47. The van der Waals surface area contributed by atoms with Crippen molar-refractivity contribution in [2.45, 2.75) is 46.0 Å². The van der Waals surface area contributed by atoms with Crippen molar-refractivity contribution >= 4 is 21.6 Å². The van der Waals surface area contributed by atoms with Crippen LogP contribution in [0.15, 0.2) is 24.3 Å². The van der Waals surface area contributed by atoms with Crippen LogP contribution in [0.5, 0.6) is 5.75 Å². The maximum atomic E-state index is 12.5. The van der Waals surface area contributed by atoms with E-state index in [1.807, 2.05) is 38.1 Å². The number of amides is 1. The Bertz CT molecular complexity index is 673. The molecule has 1 heterocycles. The summed E-state index contributed by atoms with van der Waals surface area (Å²) in [5, 5.41) is 2.89. The zero-order valence-corrected chi connectivity index (χ0v) is 16.6. The van der Waals surface area contributed by atoms with E-state index in [2.05, 4.69) is 5.32 Å². The molecular weight excluding hydrogens is 352 g/mol. The molecule has 1 amide bonds. The molecule has 1 aliphatic rings. The fourth-order valence-corrected chi connectivity index (χ4v) is 4.69. The topological polar surface area (TPSA) is 75.7 Å². The first kappa shape index (κ1) is 20.7. The first-order chi connectivity index (χ1) is 12.5. The second-order valence-corrected chi connectivity index (χ2v) is 8.82. The van der Waals surface area contributed by atoms with Crippen molar-refractivity contribution in [2.75, 3.05) is 30.8 Å². The van der Waals surface area contributed by atoms with Crippen molar-refractivity contribution in [3.63, 3.8) is 0 Å². The molecule has 0 saturated carbocycles. The fourth-order valence-electron chi connectivity index (χ4n) is 2.96. The van der Waals surface area contributed by atoms with Crippen LogP contribution in [-0.4, -0.2) is 44.1 Å². The number of hydrogen-bond donors (Lipinski definition) is 1. The van der Waals surface area contributed by atoms with Gasteiger partial charge in [-0.05, 0) is 49.9 Å². The van der Waals surface area contributed by atoms with E-state index in [0.29, 0.717) is 38.1 Å². The predicted molar refractivity (Wildman–Crippen MR) is 104 cm³/mol. The Balaban J connectivity index is 1.92. The van der Waals surface area contributed by atoms with Gasteiger partial charge in [-0.15, -0.1) is 0 Å². The molecule has 0 radical (unpaired) electrons.